The summed E-state index contributed by atoms with van der Waals surface area (Å²) in [6.45, 7) is 11.4. The van der Waals surface area contributed by atoms with Crippen molar-refractivity contribution >= 4 is 23.5 Å². The van der Waals surface area contributed by atoms with E-state index in [2.05, 4.69) is 37.9 Å². The fraction of sp³-hybridized carbons (Fsp3) is 0.667. The smallest absolute Gasteiger partial charge is 0.316 e. The van der Waals surface area contributed by atoms with Gasteiger partial charge in [-0.1, -0.05) is 39.0 Å². The van der Waals surface area contributed by atoms with E-state index in [1.165, 1.54) is 17.3 Å². The van der Waals surface area contributed by atoms with Crippen LogP contribution in [0.4, 0.5) is 0 Å². The van der Waals surface area contributed by atoms with Gasteiger partial charge >= 0.3 is 5.97 Å². The van der Waals surface area contributed by atoms with Crippen LogP contribution in [0.2, 0.25) is 0 Å². The number of hydrogen-bond acceptors (Lipinski definition) is 6. The molecule has 0 saturated heterocycles. The third-order valence-electron chi connectivity index (χ3n) is 10.6. The topological polar surface area (TPSA) is 75.6 Å². The third-order valence-corrected chi connectivity index (χ3v) is 11.6. The van der Waals surface area contributed by atoms with E-state index in [-0.39, 0.29) is 45.9 Å². The summed E-state index contributed by atoms with van der Waals surface area (Å²) in [7, 11) is 1.92. The maximum absolute atomic E-state index is 13.3. The van der Waals surface area contributed by atoms with Crippen LogP contribution in [0.1, 0.15) is 64.9 Å². The maximum Gasteiger partial charge on any atom is 0.316 e. The van der Waals surface area contributed by atoms with Gasteiger partial charge in [0.05, 0.1) is 11.9 Å². The number of carbonyl (C=O) groups is 2. The molecule has 1 aromatic rings. The van der Waals surface area contributed by atoms with Gasteiger partial charge in [-0.15, -0.1) is 18.3 Å². The van der Waals surface area contributed by atoms with E-state index in [1.807, 2.05) is 32.2 Å². The first-order valence-electron chi connectivity index (χ1n) is 13.4. The van der Waals surface area contributed by atoms with Gasteiger partial charge in [0.1, 0.15) is 11.9 Å². The van der Waals surface area contributed by atoms with E-state index in [0.717, 1.165) is 30.7 Å². The molecule has 8 atom stereocenters. The highest BCUT2D eigenvalue weighted by Gasteiger charge is 2.80. The molecule has 5 nitrogen and oxygen atoms in total. The van der Waals surface area contributed by atoms with Crippen molar-refractivity contribution < 1.29 is 19.4 Å². The van der Waals surface area contributed by atoms with Crippen molar-refractivity contribution in [2.75, 3.05) is 12.8 Å². The van der Waals surface area contributed by atoms with Crippen LogP contribution in [0.15, 0.2) is 41.8 Å². The number of aliphatic hydroxyl groups excluding tert-OH is 1. The lowest BCUT2D eigenvalue weighted by Gasteiger charge is -2.69. The molecule has 4 fully saturated rings. The van der Waals surface area contributed by atoms with Crippen LogP contribution in [-0.2, 0) is 20.9 Å². The molecular weight excluding hydrogens is 470 g/mol. The molecule has 36 heavy (non-hydrogen) atoms. The minimum absolute atomic E-state index is 0.0509. The Morgan fingerprint density at radius 3 is 2.81 bits per heavy atom. The third kappa shape index (κ3) is 3.73. The highest BCUT2D eigenvalue weighted by atomic mass is 32.2. The average molecular weight is 512 g/mol. The second-order valence-corrected chi connectivity index (χ2v) is 13.7. The van der Waals surface area contributed by atoms with Gasteiger partial charge in [0.15, 0.2) is 0 Å². The highest BCUT2D eigenvalue weighted by molar-refractivity contribution is 8.00. The minimum Gasteiger partial charge on any atom is -0.461 e. The SMILES string of the molecule is C=C[C@]1(C)C[C@@H](OC(=O)CSc2cccc(CNC)c2)[C@]2(C)C(C)CC34CC(CCC3=O)(C[C@@H]1O)C42. The number of thioether (sulfide) groups is 1. The summed E-state index contributed by atoms with van der Waals surface area (Å²) >= 11 is 1.50. The number of aliphatic hydroxyl groups is 1. The van der Waals surface area contributed by atoms with E-state index in [0.29, 0.717) is 25.0 Å². The van der Waals surface area contributed by atoms with Gasteiger partial charge in [0.25, 0.3) is 0 Å². The molecule has 0 radical (unpaired) electrons. The molecule has 1 aromatic carbocycles. The molecular formula is C30H41NO4S. The van der Waals surface area contributed by atoms with Crippen molar-refractivity contribution in [3.05, 3.63) is 42.5 Å². The Labute approximate surface area is 219 Å². The summed E-state index contributed by atoms with van der Waals surface area (Å²) in [5, 5.41) is 14.6. The highest BCUT2D eigenvalue weighted by Crippen LogP contribution is 2.81. The van der Waals surface area contributed by atoms with E-state index >= 15 is 0 Å². The molecule has 4 aliphatic carbocycles. The zero-order valence-electron chi connectivity index (χ0n) is 22.1. The van der Waals surface area contributed by atoms with Crippen molar-refractivity contribution in [1.82, 2.24) is 5.32 Å². The molecule has 196 valence electrons. The largest absolute Gasteiger partial charge is 0.461 e. The predicted octanol–water partition coefficient (Wildman–Crippen LogP) is 5.16. The quantitative estimate of drug-likeness (QED) is 0.299. The number of nitrogens with one attached hydrogen (secondary N) is 1. The van der Waals surface area contributed by atoms with Crippen molar-refractivity contribution in [3.8, 4) is 0 Å². The molecule has 4 unspecified atom stereocenters. The molecule has 0 amide bonds. The second-order valence-electron chi connectivity index (χ2n) is 12.6. The molecule has 2 spiro atoms. The molecule has 2 bridgehead atoms. The lowest BCUT2D eigenvalue weighted by atomic mass is 9.34. The van der Waals surface area contributed by atoms with Gasteiger partial charge in [0.2, 0.25) is 0 Å². The number of carbonyl (C=O) groups excluding carboxylic acids is 2. The number of hydrogen-bond donors (Lipinski definition) is 2. The minimum atomic E-state index is -0.563. The van der Waals surface area contributed by atoms with Crippen molar-refractivity contribution in [2.45, 2.75) is 82.9 Å². The number of benzene rings is 1. The molecule has 0 aliphatic heterocycles. The van der Waals surface area contributed by atoms with Crippen molar-refractivity contribution in [1.29, 1.82) is 0 Å². The summed E-state index contributed by atoms with van der Waals surface area (Å²) in [4.78, 5) is 27.6. The Morgan fingerprint density at radius 2 is 2.08 bits per heavy atom. The zero-order valence-corrected chi connectivity index (χ0v) is 23.0. The van der Waals surface area contributed by atoms with E-state index in [4.69, 9.17) is 4.74 Å². The lowest BCUT2D eigenvalue weighted by Crippen LogP contribution is -2.69. The van der Waals surface area contributed by atoms with Crippen molar-refractivity contribution in [3.63, 3.8) is 0 Å². The molecule has 0 aromatic heterocycles. The number of ether oxygens (including phenoxy) is 1. The lowest BCUT2D eigenvalue weighted by molar-refractivity contribution is -0.237. The number of rotatable bonds is 7. The van der Waals surface area contributed by atoms with E-state index < -0.39 is 11.5 Å². The summed E-state index contributed by atoms with van der Waals surface area (Å²) in [5.41, 5.74) is -0.0159. The predicted molar refractivity (Wildman–Crippen MR) is 142 cm³/mol. The van der Waals surface area contributed by atoms with Gasteiger partial charge in [-0.25, -0.2) is 0 Å². The van der Waals surface area contributed by atoms with Crippen LogP contribution in [0, 0.1) is 33.5 Å². The molecule has 0 heterocycles. The summed E-state index contributed by atoms with van der Waals surface area (Å²) in [6, 6.07) is 8.20. The van der Waals surface area contributed by atoms with Crippen molar-refractivity contribution in [2.24, 2.45) is 33.5 Å². The second kappa shape index (κ2) is 8.99. The molecule has 2 N–H and O–H groups in total. The van der Waals surface area contributed by atoms with Crippen LogP contribution in [0.25, 0.3) is 0 Å². The van der Waals surface area contributed by atoms with Gasteiger partial charge in [0, 0.05) is 34.1 Å². The van der Waals surface area contributed by atoms with Gasteiger partial charge in [-0.3, -0.25) is 9.59 Å². The summed E-state index contributed by atoms with van der Waals surface area (Å²) in [6.07, 6.45) is 5.37. The standard InChI is InChI=1S/C30H41NO4S/c1-6-27(3)15-24(35-25(34)17-36-21-9-7-8-20(12-21)16-31-5)28(4)19(2)13-30-18-29(26(28)30,14-23(27)33)11-10-22(30)32/h6-9,12,19,23-24,26,31,33H,1,10-11,13-18H2,2-5H3/t19?,23-,24+,26?,27+,28-,29?,30?/m0/s1. The molecule has 5 rings (SSSR count). The summed E-state index contributed by atoms with van der Waals surface area (Å²) in [5.74, 6) is 0.830. The van der Waals surface area contributed by atoms with E-state index in [9.17, 15) is 14.7 Å². The van der Waals surface area contributed by atoms with E-state index in [1.54, 1.807) is 0 Å². The van der Waals surface area contributed by atoms with Crippen LogP contribution >= 0.6 is 11.8 Å². The van der Waals surface area contributed by atoms with Crippen LogP contribution in [0.3, 0.4) is 0 Å². The first-order chi connectivity index (χ1) is 17.0. The fourth-order valence-corrected chi connectivity index (χ4v) is 9.60. The zero-order chi connectivity index (χ0) is 25.9. The van der Waals surface area contributed by atoms with Crippen LogP contribution < -0.4 is 5.32 Å². The molecule has 4 aliphatic rings. The normalized spacial score (nSPS) is 43.1. The first kappa shape index (κ1) is 26.0. The monoisotopic (exact) mass is 511 g/mol. The molecule has 6 heteroatoms. The Morgan fingerprint density at radius 1 is 1.31 bits per heavy atom. The van der Waals surface area contributed by atoms with Crippen LogP contribution in [0.5, 0.6) is 0 Å². The Bertz CT molecular complexity index is 1070. The van der Waals surface area contributed by atoms with Gasteiger partial charge in [-0.05, 0) is 74.1 Å². The first-order valence-corrected chi connectivity index (χ1v) is 14.4. The number of esters is 1. The number of ketones is 1. The molecule has 4 saturated carbocycles. The van der Waals surface area contributed by atoms with Crippen LogP contribution in [-0.4, -0.2) is 41.9 Å². The van der Waals surface area contributed by atoms with Gasteiger partial charge in [-0.2, -0.15) is 0 Å². The van der Waals surface area contributed by atoms with Gasteiger partial charge < -0.3 is 15.2 Å². The Balaban J connectivity index is 1.42. The number of Topliss-reactive ketones (excluding diaryl/α,β-unsaturated/α-hetero) is 1. The maximum atomic E-state index is 13.3. The summed E-state index contributed by atoms with van der Waals surface area (Å²) < 4.78 is 6.38. The Kier molecular flexibility index (Phi) is 6.49. The fourth-order valence-electron chi connectivity index (χ4n) is 8.84. The Hall–Kier alpha value is -1.63. The average Bonchev–Trinajstić information content (AvgIpc) is 3.03.